The number of hydrogen-bond acceptors (Lipinski definition) is 8. The van der Waals surface area contributed by atoms with Gasteiger partial charge in [0.1, 0.15) is 30.0 Å². The summed E-state index contributed by atoms with van der Waals surface area (Å²) in [5.74, 6) is 1.69. The van der Waals surface area contributed by atoms with Crippen LogP contribution in [0.2, 0.25) is 0 Å². The monoisotopic (exact) mass is 534 g/mol. The van der Waals surface area contributed by atoms with Crippen LogP contribution in [0.25, 0.3) is 0 Å². The van der Waals surface area contributed by atoms with E-state index in [1.807, 2.05) is 68.6 Å². The van der Waals surface area contributed by atoms with Crippen molar-refractivity contribution in [1.29, 1.82) is 0 Å². The zero-order chi connectivity index (χ0) is 27.8. The third-order valence-electron chi connectivity index (χ3n) is 6.77. The van der Waals surface area contributed by atoms with Gasteiger partial charge in [0.25, 0.3) is 5.91 Å². The highest BCUT2D eigenvalue weighted by Crippen LogP contribution is 2.27. The lowest BCUT2D eigenvalue weighted by Crippen LogP contribution is -2.56. The van der Waals surface area contributed by atoms with Gasteiger partial charge in [0.2, 0.25) is 0 Å². The summed E-state index contributed by atoms with van der Waals surface area (Å²) < 4.78 is 17.1. The Morgan fingerprint density at radius 3 is 2.44 bits per heavy atom. The van der Waals surface area contributed by atoms with Gasteiger partial charge in [-0.2, -0.15) is 5.10 Å². The van der Waals surface area contributed by atoms with Crippen LogP contribution in [0.3, 0.4) is 0 Å². The molecule has 0 saturated heterocycles. The maximum absolute atomic E-state index is 13.4. The second-order valence-electron chi connectivity index (χ2n) is 9.56. The largest absolute Gasteiger partial charge is 0.492 e. The number of rotatable bonds is 13. The Hall–Kier alpha value is -3.88. The molecular formula is C30H38N4O5. The van der Waals surface area contributed by atoms with Gasteiger partial charge in [-0.15, -0.1) is 0 Å². The molecule has 0 aromatic heterocycles. The lowest BCUT2D eigenvalue weighted by molar-refractivity contribution is -0.151. The van der Waals surface area contributed by atoms with E-state index in [1.54, 1.807) is 16.8 Å². The summed E-state index contributed by atoms with van der Waals surface area (Å²) in [7, 11) is 1.85. The molecule has 2 aliphatic heterocycles. The molecule has 2 heterocycles. The van der Waals surface area contributed by atoms with Crippen molar-refractivity contribution in [1.82, 2.24) is 9.91 Å². The Kier molecular flexibility index (Phi) is 9.57. The minimum absolute atomic E-state index is 0.0200. The first-order valence-corrected chi connectivity index (χ1v) is 13.7. The molecule has 0 saturated carbocycles. The first-order chi connectivity index (χ1) is 18.9. The Morgan fingerprint density at radius 1 is 1.03 bits per heavy atom. The van der Waals surface area contributed by atoms with Gasteiger partial charge in [-0.1, -0.05) is 50.6 Å². The van der Waals surface area contributed by atoms with E-state index in [-0.39, 0.29) is 24.6 Å². The first kappa shape index (κ1) is 28.1. The first-order valence-electron chi connectivity index (χ1n) is 13.7. The molecule has 3 unspecified atom stereocenters. The molecule has 2 aromatic rings. The number of ether oxygens (including phenoxy) is 3. The number of amidine groups is 1. The van der Waals surface area contributed by atoms with Gasteiger partial charge in [-0.05, 0) is 43.2 Å². The minimum atomic E-state index is -0.754. The molecule has 0 aliphatic carbocycles. The smallest absolute Gasteiger partial charge is 0.347 e. The Bertz CT molecular complexity index is 1180. The molecule has 4 rings (SSSR count). The topological polar surface area (TPSA) is 93.0 Å². The van der Waals surface area contributed by atoms with E-state index in [0.29, 0.717) is 37.5 Å². The summed E-state index contributed by atoms with van der Waals surface area (Å²) in [6.07, 6.45) is 2.10. The van der Waals surface area contributed by atoms with Gasteiger partial charge in [-0.25, -0.2) is 4.79 Å². The number of para-hydroxylation sites is 1. The average molecular weight is 535 g/mol. The van der Waals surface area contributed by atoms with Crippen molar-refractivity contribution in [2.75, 3.05) is 26.8 Å². The summed E-state index contributed by atoms with van der Waals surface area (Å²) in [5.41, 5.74) is 1.90. The van der Waals surface area contributed by atoms with E-state index in [4.69, 9.17) is 19.2 Å². The molecule has 0 radical (unpaired) electrons. The van der Waals surface area contributed by atoms with Crippen molar-refractivity contribution in [3.05, 3.63) is 60.2 Å². The quantitative estimate of drug-likeness (QED) is 0.359. The molecule has 0 bridgehead atoms. The fraction of sp³-hybridized carbons (Fsp3) is 0.467. The van der Waals surface area contributed by atoms with Crippen LogP contribution < -0.4 is 9.47 Å². The van der Waals surface area contributed by atoms with Crippen LogP contribution in [0.1, 0.15) is 45.6 Å². The normalized spacial score (nSPS) is 19.2. The van der Waals surface area contributed by atoms with Crippen molar-refractivity contribution in [3.63, 3.8) is 0 Å². The summed E-state index contributed by atoms with van der Waals surface area (Å²) in [6.45, 7) is 6.92. The predicted octanol–water partition coefficient (Wildman–Crippen LogP) is 4.11. The van der Waals surface area contributed by atoms with Crippen LogP contribution in [0.4, 0.5) is 0 Å². The number of esters is 1. The molecule has 39 heavy (non-hydrogen) atoms. The fourth-order valence-electron chi connectivity index (χ4n) is 4.91. The standard InChI is InChI=1S/C30H38N4O5/c1-5-11-24-27-28(33(4)32-24)29(35)34(26(6-2)31-27)18-19-38-22-16-14-21(15-17-22)20-25(30(36)37-7-3)39-23-12-9-8-10-13-23/h8-10,12-17,25,27-28H,5-7,11,18-20H2,1-4H3. The van der Waals surface area contributed by atoms with Gasteiger partial charge in [0, 0.05) is 19.9 Å². The lowest BCUT2D eigenvalue weighted by atomic mass is 9.98. The van der Waals surface area contributed by atoms with E-state index < -0.39 is 12.1 Å². The summed E-state index contributed by atoms with van der Waals surface area (Å²) >= 11 is 0. The van der Waals surface area contributed by atoms with Gasteiger partial charge >= 0.3 is 5.97 Å². The van der Waals surface area contributed by atoms with Crippen LogP contribution in [0.15, 0.2) is 64.7 Å². The highest BCUT2D eigenvalue weighted by atomic mass is 16.6. The Balaban J connectivity index is 1.35. The number of benzene rings is 2. The number of likely N-dealkylation sites (N-methyl/N-ethyl adjacent to an activating group) is 1. The highest BCUT2D eigenvalue weighted by molar-refractivity contribution is 6.09. The van der Waals surface area contributed by atoms with Gasteiger partial charge in [0.05, 0.1) is 18.9 Å². The van der Waals surface area contributed by atoms with Crippen molar-refractivity contribution < 1.29 is 23.8 Å². The second-order valence-corrected chi connectivity index (χ2v) is 9.56. The Labute approximate surface area is 230 Å². The van der Waals surface area contributed by atoms with Gasteiger partial charge in [0.15, 0.2) is 12.1 Å². The molecule has 9 heteroatoms. The zero-order valence-corrected chi connectivity index (χ0v) is 23.2. The number of nitrogens with zero attached hydrogens (tertiary/aromatic N) is 4. The lowest BCUT2D eigenvalue weighted by Gasteiger charge is -2.35. The van der Waals surface area contributed by atoms with Gasteiger partial charge in [-0.3, -0.25) is 19.7 Å². The maximum Gasteiger partial charge on any atom is 0.347 e. The molecule has 0 N–H and O–H groups in total. The molecule has 2 aliphatic rings. The van der Waals surface area contributed by atoms with Crippen LogP contribution in [0.5, 0.6) is 11.5 Å². The number of carbonyl (C=O) groups excluding carboxylic acids is 2. The number of hydrogen-bond donors (Lipinski definition) is 0. The van der Waals surface area contributed by atoms with Crippen molar-refractivity contribution in [2.24, 2.45) is 10.1 Å². The van der Waals surface area contributed by atoms with E-state index in [2.05, 4.69) is 12.0 Å². The summed E-state index contributed by atoms with van der Waals surface area (Å²) in [5, 5.41) is 6.36. The van der Waals surface area contributed by atoms with E-state index in [0.717, 1.165) is 30.0 Å². The van der Waals surface area contributed by atoms with E-state index >= 15 is 0 Å². The number of hydrazone groups is 1. The predicted molar refractivity (Wildman–Crippen MR) is 150 cm³/mol. The molecule has 0 spiro atoms. The van der Waals surface area contributed by atoms with Crippen molar-refractivity contribution in [2.45, 2.75) is 64.6 Å². The molecule has 1 amide bonds. The molecular weight excluding hydrogens is 496 g/mol. The van der Waals surface area contributed by atoms with Crippen LogP contribution in [0, 0.1) is 0 Å². The van der Waals surface area contributed by atoms with E-state index in [9.17, 15) is 9.59 Å². The second kappa shape index (κ2) is 13.3. The maximum atomic E-state index is 13.4. The highest BCUT2D eigenvalue weighted by Gasteiger charge is 2.46. The van der Waals surface area contributed by atoms with Crippen LogP contribution in [-0.2, 0) is 20.7 Å². The average Bonchev–Trinajstić information content (AvgIpc) is 3.26. The number of aliphatic imine (C=N–C) groups is 1. The summed E-state index contributed by atoms with van der Waals surface area (Å²) in [6, 6.07) is 16.2. The molecule has 2 aromatic carbocycles. The third kappa shape index (κ3) is 6.77. The molecule has 208 valence electrons. The molecule has 3 atom stereocenters. The zero-order valence-electron chi connectivity index (χ0n) is 23.2. The van der Waals surface area contributed by atoms with Crippen molar-refractivity contribution in [3.8, 4) is 11.5 Å². The van der Waals surface area contributed by atoms with E-state index in [1.165, 1.54) is 0 Å². The van der Waals surface area contributed by atoms with Crippen LogP contribution >= 0.6 is 0 Å². The SMILES string of the molecule is CCCC1=NN(C)C2C(=O)N(CCOc3ccc(CC(Oc4ccccc4)C(=O)OCC)cc3)C(CC)=NC12. The number of carbonyl (C=O) groups is 2. The Morgan fingerprint density at radius 2 is 1.77 bits per heavy atom. The molecule has 0 fully saturated rings. The summed E-state index contributed by atoms with van der Waals surface area (Å²) in [4.78, 5) is 32.5. The third-order valence-corrected chi connectivity index (χ3v) is 6.77. The van der Waals surface area contributed by atoms with Gasteiger partial charge < -0.3 is 14.2 Å². The van der Waals surface area contributed by atoms with Crippen LogP contribution in [-0.4, -0.2) is 78.3 Å². The van der Waals surface area contributed by atoms with Crippen molar-refractivity contribution >= 4 is 23.4 Å². The fourth-order valence-corrected chi connectivity index (χ4v) is 4.91. The molecule has 9 nitrogen and oxygen atoms in total. The minimum Gasteiger partial charge on any atom is -0.492 e. The number of amides is 1. The number of fused-ring (bicyclic) bond motifs is 1.